The highest BCUT2D eigenvalue weighted by molar-refractivity contribution is 9.10. The molecule has 29 heavy (non-hydrogen) atoms. The molecule has 2 aromatic carbocycles. The lowest BCUT2D eigenvalue weighted by molar-refractivity contribution is -0.158. The molecule has 0 spiro atoms. The summed E-state index contributed by atoms with van der Waals surface area (Å²) in [5, 5.41) is 0. The number of Topliss-reactive ketones (excluding diaryl/α,β-unsaturated/α-hetero) is 1. The SMILES string of the molecule is COC(=O)[C@H]1C(=O)Oc2ccc(Br)cc2[C@@H]1[C@H](C(=O)c1ccc(Br)cc1)C(C)C. The van der Waals surface area contributed by atoms with E-state index in [1.807, 2.05) is 13.8 Å². The third-order valence-electron chi connectivity index (χ3n) is 5.15. The summed E-state index contributed by atoms with van der Waals surface area (Å²) in [5.74, 6) is -3.86. The lowest BCUT2D eigenvalue weighted by Crippen LogP contribution is -2.44. The molecule has 0 saturated heterocycles. The van der Waals surface area contributed by atoms with Crippen LogP contribution in [0.1, 0.15) is 35.7 Å². The number of carbonyl (C=O) groups is 3. The molecule has 0 aliphatic carbocycles. The number of carbonyl (C=O) groups excluding carboxylic acids is 3. The van der Waals surface area contributed by atoms with Crippen LogP contribution in [0.15, 0.2) is 51.4 Å². The number of hydrogen-bond donors (Lipinski definition) is 0. The molecule has 0 saturated carbocycles. The molecule has 0 fully saturated rings. The van der Waals surface area contributed by atoms with Crippen LogP contribution < -0.4 is 4.74 Å². The largest absolute Gasteiger partial charge is 0.468 e. The van der Waals surface area contributed by atoms with Crippen molar-refractivity contribution < 1.29 is 23.9 Å². The molecule has 0 aromatic heterocycles. The molecule has 7 heteroatoms. The number of esters is 2. The Bertz CT molecular complexity index is 952. The molecule has 1 aliphatic rings. The van der Waals surface area contributed by atoms with Crippen LogP contribution in [0, 0.1) is 17.8 Å². The number of benzene rings is 2. The van der Waals surface area contributed by atoms with Gasteiger partial charge in [0, 0.05) is 31.9 Å². The van der Waals surface area contributed by atoms with E-state index in [1.165, 1.54) is 7.11 Å². The average Bonchev–Trinajstić information content (AvgIpc) is 2.68. The van der Waals surface area contributed by atoms with Gasteiger partial charge in [0.25, 0.3) is 0 Å². The molecule has 1 heterocycles. The van der Waals surface area contributed by atoms with Gasteiger partial charge in [-0.15, -0.1) is 0 Å². The van der Waals surface area contributed by atoms with E-state index >= 15 is 0 Å². The third kappa shape index (κ3) is 4.31. The Morgan fingerprint density at radius 1 is 1.03 bits per heavy atom. The zero-order valence-corrected chi connectivity index (χ0v) is 19.3. The number of hydrogen-bond acceptors (Lipinski definition) is 5. The van der Waals surface area contributed by atoms with Crippen molar-refractivity contribution in [3.8, 4) is 5.75 Å². The zero-order valence-electron chi connectivity index (χ0n) is 16.1. The molecular formula is C22H20Br2O5. The summed E-state index contributed by atoms with van der Waals surface area (Å²) in [6.07, 6.45) is 0. The van der Waals surface area contributed by atoms with Crippen molar-refractivity contribution >= 4 is 49.6 Å². The number of ether oxygens (including phenoxy) is 2. The first-order valence-electron chi connectivity index (χ1n) is 9.13. The van der Waals surface area contributed by atoms with Crippen LogP contribution >= 0.6 is 31.9 Å². The van der Waals surface area contributed by atoms with Crippen molar-refractivity contribution in [2.45, 2.75) is 19.8 Å². The lowest BCUT2D eigenvalue weighted by atomic mass is 9.68. The molecule has 2 aromatic rings. The van der Waals surface area contributed by atoms with E-state index in [-0.39, 0.29) is 11.7 Å². The molecule has 0 N–H and O–H groups in total. The fourth-order valence-electron chi connectivity index (χ4n) is 3.83. The molecule has 1 aliphatic heterocycles. The molecule has 0 unspecified atom stereocenters. The topological polar surface area (TPSA) is 69.7 Å². The van der Waals surface area contributed by atoms with E-state index in [0.29, 0.717) is 16.9 Å². The fraction of sp³-hybridized carbons (Fsp3) is 0.318. The van der Waals surface area contributed by atoms with Crippen LogP contribution in [-0.2, 0) is 14.3 Å². The summed E-state index contributed by atoms with van der Waals surface area (Å²) in [6, 6.07) is 12.3. The van der Waals surface area contributed by atoms with Gasteiger partial charge in [0.05, 0.1) is 7.11 Å². The van der Waals surface area contributed by atoms with Crippen molar-refractivity contribution in [3.63, 3.8) is 0 Å². The molecule has 3 rings (SSSR count). The molecule has 3 atom stereocenters. The number of fused-ring (bicyclic) bond motifs is 1. The van der Waals surface area contributed by atoms with Gasteiger partial charge in [-0.25, -0.2) is 0 Å². The minimum absolute atomic E-state index is 0.132. The van der Waals surface area contributed by atoms with E-state index in [9.17, 15) is 14.4 Å². The molecule has 0 bridgehead atoms. The van der Waals surface area contributed by atoms with Gasteiger partial charge in [0.2, 0.25) is 0 Å². The van der Waals surface area contributed by atoms with Crippen LogP contribution in [0.3, 0.4) is 0 Å². The average molecular weight is 524 g/mol. The quantitative estimate of drug-likeness (QED) is 0.234. The Labute approximate surface area is 186 Å². The number of halogens is 2. The van der Waals surface area contributed by atoms with Gasteiger partial charge in [-0.2, -0.15) is 0 Å². The second kappa shape index (κ2) is 8.79. The summed E-state index contributed by atoms with van der Waals surface area (Å²) in [4.78, 5) is 38.8. The Kier molecular flexibility index (Phi) is 6.58. The number of rotatable bonds is 5. The predicted octanol–water partition coefficient (Wildman–Crippen LogP) is 5.16. The monoisotopic (exact) mass is 522 g/mol. The molecule has 0 radical (unpaired) electrons. The van der Waals surface area contributed by atoms with Gasteiger partial charge in [0.15, 0.2) is 11.7 Å². The summed E-state index contributed by atoms with van der Waals surface area (Å²) in [7, 11) is 1.23. The minimum Gasteiger partial charge on any atom is -0.468 e. The van der Waals surface area contributed by atoms with Crippen LogP contribution in [0.5, 0.6) is 5.75 Å². The van der Waals surface area contributed by atoms with Crippen LogP contribution in [-0.4, -0.2) is 24.8 Å². The number of ketones is 1. The van der Waals surface area contributed by atoms with Gasteiger partial charge in [-0.1, -0.05) is 57.8 Å². The second-order valence-corrected chi connectivity index (χ2v) is 9.10. The Morgan fingerprint density at radius 2 is 1.66 bits per heavy atom. The van der Waals surface area contributed by atoms with Gasteiger partial charge in [-0.05, 0) is 36.2 Å². The van der Waals surface area contributed by atoms with Crippen molar-refractivity contribution in [1.82, 2.24) is 0 Å². The summed E-state index contributed by atoms with van der Waals surface area (Å²) in [6.45, 7) is 3.82. The van der Waals surface area contributed by atoms with Crippen molar-refractivity contribution in [3.05, 3.63) is 62.5 Å². The summed E-state index contributed by atoms with van der Waals surface area (Å²) >= 11 is 6.81. The molecule has 0 amide bonds. The van der Waals surface area contributed by atoms with Gasteiger partial charge in [-0.3, -0.25) is 14.4 Å². The van der Waals surface area contributed by atoms with Crippen LogP contribution in [0.4, 0.5) is 0 Å². The van der Waals surface area contributed by atoms with E-state index in [0.717, 1.165) is 8.95 Å². The maximum Gasteiger partial charge on any atom is 0.326 e. The highest BCUT2D eigenvalue weighted by Crippen LogP contribution is 2.47. The summed E-state index contributed by atoms with van der Waals surface area (Å²) < 4.78 is 11.9. The molecule has 5 nitrogen and oxygen atoms in total. The third-order valence-corrected chi connectivity index (χ3v) is 6.17. The predicted molar refractivity (Wildman–Crippen MR) is 115 cm³/mol. The van der Waals surface area contributed by atoms with Crippen molar-refractivity contribution in [2.75, 3.05) is 7.11 Å². The highest BCUT2D eigenvalue weighted by Gasteiger charge is 2.49. The maximum atomic E-state index is 13.5. The van der Waals surface area contributed by atoms with Crippen LogP contribution in [0.2, 0.25) is 0 Å². The van der Waals surface area contributed by atoms with Gasteiger partial charge < -0.3 is 9.47 Å². The van der Waals surface area contributed by atoms with Gasteiger partial charge in [0.1, 0.15) is 5.75 Å². The second-order valence-electron chi connectivity index (χ2n) is 7.27. The van der Waals surface area contributed by atoms with Gasteiger partial charge >= 0.3 is 11.9 Å². The minimum atomic E-state index is -1.21. The van der Waals surface area contributed by atoms with E-state index in [2.05, 4.69) is 31.9 Å². The van der Waals surface area contributed by atoms with Crippen molar-refractivity contribution in [2.24, 2.45) is 17.8 Å². The molecular weight excluding hydrogens is 504 g/mol. The fourth-order valence-corrected chi connectivity index (χ4v) is 4.47. The Balaban J connectivity index is 2.18. The van der Waals surface area contributed by atoms with Crippen molar-refractivity contribution in [1.29, 1.82) is 0 Å². The summed E-state index contributed by atoms with van der Waals surface area (Å²) in [5.41, 5.74) is 1.16. The number of methoxy groups -OCH3 is 1. The van der Waals surface area contributed by atoms with E-state index in [1.54, 1.807) is 42.5 Å². The first-order chi connectivity index (χ1) is 13.7. The zero-order chi connectivity index (χ0) is 21.3. The standard InChI is InChI=1S/C22H20Br2O5/c1-11(2)17(20(25)12-4-6-13(23)7-5-12)18-15-10-14(24)8-9-16(15)29-22(27)19(18)21(26)28-3/h4-11,17-19H,1-3H3/t17-,18-,19+/m1/s1. The van der Waals surface area contributed by atoms with E-state index in [4.69, 9.17) is 9.47 Å². The Morgan fingerprint density at radius 3 is 2.24 bits per heavy atom. The van der Waals surface area contributed by atoms with Crippen LogP contribution in [0.25, 0.3) is 0 Å². The Hall–Kier alpha value is -1.99. The maximum absolute atomic E-state index is 13.5. The van der Waals surface area contributed by atoms with E-state index < -0.39 is 29.7 Å². The highest BCUT2D eigenvalue weighted by atomic mass is 79.9. The smallest absolute Gasteiger partial charge is 0.326 e. The first kappa shape index (κ1) is 21.7. The molecule has 152 valence electrons. The normalized spacial score (nSPS) is 19.3. The lowest BCUT2D eigenvalue weighted by Gasteiger charge is -2.37. The first-order valence-corrected chi connectivity index (χ1v) is 10.7.